The van der Waals surface area contributed by atoms with Gasteiger partial charge in [0.2, 0.25) is 0 Å². The van der Waals surface area contributed by atoms with Crippen LogP contribution in [0, 0.1) is 0 Å². The van der Waals surface area contributed by atoms with E-state index < -0.39 is 12.4 Å². The number of rotatable bonds is 7. The van der Waals surface area contributed by atoms with E-state index in [0.717, 1.165) is 32.1 Å². The Morgan fingerprint density at radius 2 is 2.11 bits per heavy atom. The van der Waals surface area contributed by atoms with Gasteiger partial charge in [-0.1, -0.05) is 24.3 Å². The van der Waals surface area contributed by atoms with E-state index in [1.165, 1.54) is 22.0 Å². The Balaban J connectivity index is 1.65. The van der Waals surface area contributed by atoms with Crippen molar-refractivity contribution in [3.05, 3.63) is 52.8 Å². The summed E-state index contributed by atoms with van der Waals surface area (Å²) in [6.45, 7) is 2.04. The summed E-state index contributed by atoms with van der Waals surface area (Å²) in [5, 5.41) is 4.14. The Morgan fingerprint density at radius 3 is 2.82 bits per heavy atom. The van der Waals surface area contributed by atoms with Gasteiger partial charge in [0.1, 0.15) is 11.3 Å². The summed E-state index contributed by atoms with van der Waals surface area (Å²) in [5.74, 6) is -0.745. The number of carbonyl (C=O) groups excluding carboxylic acids is 1. The fraction of sp³-hybridized carbons (Fsp3) is 0.524. The second-order valence-electron chi connectivity index (χ2n) is 7.46. The van der Waals surface area contributed by atoms with Gasteiger partial charge in [-0.05, 0) is 50.2 Å². The van der Waals surface area contributed by atoms with E-state index in [4.69, 9.17) is 4.74 Å². The molecule has 2 aliphatic rings. The van der Waals surface area contributed by atoms with Crippen LogP contribution in [-0.2, 0) is 17.8 Å². The molecule has 1 aromatic heterocycles. The van der Waals surface area contributed by atoms with Gasteiger partial charge in [-0.2, -0.15) is 5.10 Å². The summed E-state index contributed by atoms with van der Waals surface area (Å²) in [7, 11) is 0. The quantitative estimate of drug-likeness (QED) is 0.655. The molecular formula is C21H25F2N3O2. The predicted octanol–water partition coefficient (Wildman–Crippen LogP) is 4.50. The fourth-order valence-electron chi connectivity index (χ4n) is 4.21. The van der Waals surface area contributed by atoms with Gasteiger partial charge in [-0.15, -0.1) is 0 Å². The number of benzene rings is 1. The molecule has 0 bridgehead atoms. The third-order valence-corrected chi connectivity index (χ3v) is 5.63. The number of hydrogen-bond acceptors (Lipinski definition) is 4. The van der Waals surface area contributed by atoms with E-state index in [0.29, 0.717) is 6.04 Å². The summed E-state index contributed by atoms with van der Waals surface area (Å²) < 4.78 is 33.8. The van der Waals surface area contributed by atoms with E-state index in [9.17, 15) is 13.6 Å². The minimum atomic E-state index is -2.79. The Kier molecular flexibility index (Phi) is 5.44. The smallest absolute Gasteiger partial charge is 0.341 e. The molecule has 1 saturated carbocycles. The van der Waals surface area contributed by atoms with Gasteiger partial charge in [-0.3, -0.25) is 4.90 Å². The average molecular weight is 389 g/mol. The number of aromatic nitrogens is 2. The lowest BCUT2D eigenvalue weighted by Crippen LogP contribution is -2.35. The van der Waals surface area contributed by atoms with Crippen molar-refractivity contribution in [1.29, 1.82) is 0 Å². The van der Waals surface area contributed by atoms with Crippen LogP contribution in [-0.4, -0.2) is 33.3 Å². The average Bonchev–Trinajstić information content (AvgIpc) is 3.44. The number of aryl methyl sites for hydroxylation is 1. The molecule has 0 N–H and O–H groups in total. The van der Waals surface area contributed by atoms with Crippen LogP contribution in [0.25, 0.3) is 0 Å². The molecule has 7 heteroatoms. The molecule has 1 unspecified atom stereocenters. The standard InChI is InChI=1S/C21H25F2N3O2/c1-2-28-21(27)17-12-24-26(19(17)20(22)23)13-25(15-10-11-15)18-9-5-7-14-6-3-4-8-16(14)18/h3-4,6,8,12,15,18,20H,2,5,7,9-11,13H2,1H3. The van der Waals surface area contributed by atoms with Gasteiger partial charge in [0.05, 0.1) is 19.5 Å². The van der Waals surface area contributed by atoms with Crippen molar-refractivity contribution >= 4 is 5.97 Å². The van der Waals surface area contributed by atoms with E-state index in [-0.39, 0.29) is 30.6 Å². The molecule has 4 rings (SSSR count). The largest absolute Gasteiger partial charge is 0.462 e. The van der Waals surface area contributed by atoms with Crippen LogP contribution in [0.2, 0.25) is 0 Å². The van der Waals surface area contributed by atoms with Crippen LogP contribution in [0.15, 0.2) is 30.5 Å². The molecule has 0 radical (unpaired) electrons. The van der Waals surface area contributed by atoms with Crippen molar-refractivity contribution in [3.63, 3.8) is 0 Å². The first kappa shape index (κ1) is 19.1. The Labute approximate surface area is 163 Å². The number of esters is 1. The maximum atomic E-state index is 13.8. The predicted molar refractivity (Wildman–Crippen MR) is 100 cm³/mol. The van der Waals surface area contributed by atoms with Crippen molar-refractivity contribution in [2.24, 2.45) is 0 Å². The molecule has 0 aliphatic heterocycles. The SMILES string of the molecule is CCOC(=O)c1cnn(CN(C2CC2)C2CCCc3ccccc32)c1C(F)F. The normalized spacial score (nSPS) is 19.1. The number of fused-ring (bicyclic) bond motifs is 1. The van der Waals surface area contributed by atoms with Crippen molar-refractivity contribution in [3.8, 4) is 0 Å². The van der Waals surface area contributed by atoms with E-state index in [1.807, 2.05) is 6.07 Å². The molecular weight excluding hydrogens is 364 g/mol. The lowest BCUT2D eigenvalue weighted by Gasteiger charge is -2.36. The first-order chi connectivity index (χ1) is 13.6. The molecule has 0 amide bonds. The second-order valence-corrected chi connectivity index (χ2v) is 7.46. The molecule has 1 fully saturated rings. The lowest BCUT2D eigenvalue weighted by atomic mass is 9.87. The molecule has 150 valence electrons. The molecule has 1 aromatic carbocycles. The third kappa shape index (κ3) is 3.68. The summed E-state index contributed by atoms with van der Waals surface area (Å²) >= 11 is 0. The second kappa shape index (κ2) is 7.99. The van der Waals surface area contributed by atoms with E-state index >= 15 is 0 Å². The van der Waals surface area contributed by atoms with Gasteiger partial charge in [0.25, 0.3) is 6.43 Å². The molecule has 1 atom stereocenters. The molecule has 28 heavy (non-hydrogen) atoms. The zero-order valence-corrected chi connectivity index (χ0v) is 16.0. The van der Waals surface area contributed by atoms with Crippen molar-refractivity contribution in [1.82, 2.24) is 14.7 Å². The van der Waals surface area contributed by atoms with Gasteiger partial charge in [-0.25, -0.2) is 18.3 Å². The first-order valence-electron chi connectivity index (χ1n) is 9.94. The van der Waals surface area contributed by atoms with E-state index in [2.05, 4.69) is 28.2 Å². The number of nitrogens with zero attached hydrogens (tertiary/aromatic N) is 3. The third-order valence-electron chi connectivity index (χ3n) is 5.63. The number of carbonyl (C=O) groups is 1. The molecule has 0 saturated heterocycles. The number of halogens is 2. The minimum Gasteiger partial charge on any atom is -0.462 e. The molecule has 5 nitrogen and oxygen atoms in total. The van der Waals surface area contributed by atoms with Crippen LogP contribution in [0.1, 0.15) is 72.3 Å². The Bertz CT molecular complexity index is 848. The number of hydrogen-bond donors (Lipinski definition) is 0. The first-order valence-corrected chi connectivity index (χ1v) is 9.94. The summed E-state index contributed by atoms with van der Waals surface area (Å²) in [5.41, 5.74) is 2.13. The number of ether oxygens (including phenoxy) is 1. The highest BCUT2D eigenvalue weighted by molar-refractivity contribution is 5.90. The molecule has 0 spiro atoms. The monoisotopic (exact) mass is 389 g/mol. The minimum absolute atomic E-state index is 0.139. The fourth-order valence-corrected chi connectivity index (χ4v) is 4.21. The Hall–Kier alpha value is -2.28. The number of alkyl halides is 2. The Morgan fingerprint density at radius 1 is 1.32 bits per heavy atom. The van der Waals surface area contributed by atoms with Crippen LogP contribution >= 0.6 is 0 Å². The molecule has 2 aromatic rings. The van der Waals surface area contributed by atoms with Crippen molar-refractivity contribution in [2.45, 2.75) is 64.2 Å². The van der Waals surface area contributed by atoms with Crippen molar-refractivity contribution in [2.75, 3.05) is 6.61 Å². The lowest BCUT2D eigenvalue weighted by molar-refractivity contribution is 0.0509. The highest BCUT2D eigenvalue weighted by Gasteiger charge is 2.38. The van der Waals surface area contributed by atoms with E-state index in [1.54, 1.807) is 6.92 Å². The highest BCUT2D eigenvalue weighted by atomic mass is 19.3. The van der Waals surface area contributed by atoms with Crippen LogP contribution in [0.3, 0.4) is 0 Å². The topological polar surface area (TPSA) is 47.4 Å². The summed E-state index contributed by atoms with van der Waals surface area (Å²) in [6, 6.07) is 8.96. The zero-order valence-electron chi connectivity index (χ0n) is 16.0. The van der Waals surface area contributed by atoms with Crippen molar-refractivity contribution < 1.29 is 18.3 Å². The maximum Gasteiger partial charge on any atom is 0.341 e. The highest BCUT2D eigenvalue weighted by Crippen LogP contribution is 2.41. The van der Waals surface area contributed by atoms with Gasteiger partial charge >= 0.3 is 5.97 Å². The van der Waals surface area contributed by atoms with Crippen LogP contribution in [0.5, 0.6) is 0 Å². The molecule has 1 heterocycles. The molecule has 2 aliphatic carbocycles. The zero-order chi connectivity index (χ0) is 19.7. The van der Waals surface area contributed by atoms with Gasteiger partial charge < -0.3 is 4.74 Å². The maximum absolute atomic E-state index is 13.8. The summed E-state index contributed by atoms with van der Waals surface area (Å²) in [6.07, 6.45) is 3.69. The summed E-state index contributed by atoms with van der Waals surface area (Å²) in [4.78, 5) is 14.3. The van der Waals surface area contributed by atoms with Gasteiger partial charge in [0.15, 0.2) is 0 Å². The van der Waals surface area contributed by atoms with Crippen LogP contribution < -0.4 is 0 Å². The van der Waals surface area contributed by atoms with Gasteiger partial charge in [0, 0.05) is 12.1 Å². The van der Waals surface area contributed by atoms with Crippen LogP contribution in [0.4, 0.5) is 8.78 Å².